The summed E-state index contributed by atoms with van der Waals surface area (Å²) in [7, 11) is 3.29. The zero-order valence-electron chi connectivity index (χ0n) is 11.9. The van der Waals surface area contributed by atoms with E-state index in [0.29, 0.717) is 18.2 Å². The van der Waals surface area contributed by atoms with E-state index >= 15 is 0 Å². The Morgan fingerprint density at radius 3 is 2.85 bits per heavy atom. The Hall–Kier alpha value is -1.37. The van der Waals surface area contributed by atoms with Crippen LogP contribution in [-0.2, 0) is 16.6 Å². The lowest BCUT2D eigenvalue weighted by Gasteiger charge is -2.15. The molecule has 0 saturated carbocycles. The number of aliphatic hydroxyl groups is 1. The summed E-state index contributed by atoms with van der Waals surface area (Å²) in [5.74, 6) is -0.264. The maximum Gasteiger partial charge on any atom is 0.244 e. The summed E-state index contributed by atoms with van der Waals surface area (Å²) in [6.45, 7) is 2.17. The molecule has 112 valence electrons. The monoisotopic (exact) mass is 301 g/mol. The van der Waals surface area contributed by atoms with Crippen molar-refractivity contribution < 1.29 is 14.6 Å². The first kappa shape index (κ1) is 16.7. The number of carbonyl (C=O) groups excluding carboxylic acids is 1. The summed E-state index contributed by atoms with van der Waals surface area (Å²) >= 11 is 6.07. The van der Waals surface area contributed by atoms with Crippen LogP contribution in [0.25, 0.3) is 6.08 Å². The third-order valence-corrected chi connectivity index (χ3v) is 3.24. The molecule has 0 radical (unpaired) electrons. The SMILES string of the molecule is COCC(CCO)NC(=O)/C=C/c1c(C)nn(C)c1Cl. The molecule has 7 heteroatoms. The van der Waals surface area contributed by atoms with Gasteiger partial charge in [-0.25, -0.2) is 0 Å². The van der Waals surface area contributed by atoms with Crippen molar-refractivity contribution in [3.05, 3.63) is 22.5 Å². The van der Waals surface area contributed by atoms with Crippen LogP contribution in [-0.4, -0.2) is 47.2 Å². The number of aromatic nitrogens is 2. The summed E-state index contributed by atoms with van der Waals surface area (Å²) in [5, 5.41) is 16.3. The lowest BCUT2D eigenvalue weighted by molar-refractivity contribution is -0.117. The average molecular weight is 302 g/mol. The standard InChI is InChI=1S/C13H20ClN3O3/c1-9-11(13(14)17(2)16-9)4-5-12(19)15-10(6-7-18)8-20-3/h4-5,10,18H,6-8H2,1-3H3,(H,15,19)/b5-4+. The van der Waals surface area contributed by atoms with Crippen molar-refractivity contribution in [2.75, 3.05) is 20.3 Å². The van der Waals surface area contributed by atoms with Crippen LogP contribution in [0.15, 0.2) is 6.08 Å². The molecule has 1 rings (SSSR count). The molecule has 0 bridgehead atoms. The summed E-state index contributed by atoms with van der Waals surface area (Å²) < 4.78 is 6.53. The van der Waals surface area contributed by atoms with Gasteiger partial charge in [-0.1, -0.05) is 11.6 Å². The van der Waals surface area contributed by atoms with Gasteiger partial charge >= 0.3 is 0 Å². The highest BCUT2D eigenvalue weighted by atomic mass is 35.5. The van der Waals surface area contributed by atoms with Crippen molar-refractivity contribution in [1.29, 1.82) is 0 Å². The Balaban J connectivity index is 2.67. The first-order chi connectivity index (χ1) is 9.49. The van der Waals surface area contributed by atoms with E-state index < -0.39 is 0 Å². The van der Waals surface area contributed by atoms with Gasteiger partial charge in [-0.05, 0) is 19.4 Å². The maximum absolute atomic E-state index is 11.8. The fraction of sp³-hybridized carbons (Fsp3) is 0.538. The number of nitrogens with zero attached hydrogens (tertiary/aromatic N) is 2. The van der Waals surface area contributed by atoms with Gasteiger partial charge in [-0.2, -0.15) is 5.10 Å². The van der Waals surface area contributed by atoms with Crippen molar-refractivity contribution in [3.8, 4) is 0 Å². The second-order valence-electron chi connectivity index (χ2n) is 4.42. The molecular weight excluding hydrogens is 282 g/mol. The van der Waals surface area contributed by atoms with E-state index in [4.69, 9.17) is 21.4 Å². The summed E-state index contributed by atoms with van der Waals surface area (Å²) in [6, 6.07) is -0.215. The van der Waals surface area contributed by atoms with Gasteiger partial charge in [0.25, 0.3) is 0 Å². The van der Waals surface area contributed by atoms with Gasteiger partial charge in [0.2, 0.25) is 5.91 Å². The van der Waals surface area contributed by atoms with Gasteiger partial charge in [0.1, 0.15) is 5.15 Å². The van der Waals surface area contributed by atoms with Crippen LogP contribution in [0.1, 0.15) is 17.7 Å². The molecule has 0 spiro atoms. The van der Waals surface area contributed by atoms with E-state index in [0.717, 1.165) is 11.3 Å². The molecule has 6 nitrogen and oxygen atoms in total. The predicted octanol–water partition coefficient (Wildman–Crippen LogP) is 0.909. The third kappa shape index (κ3) is 4.63. The normalized spacial score (nSPS) is 12.8. The number of hydrogen-bond acceptors (Lipinski definition) is 4. The third-order valence-electron chi connectivity index (χ3n) is 2.79. The minimum atomic E-state index is -0.264. The molecule has 1 amide bonds. The fourth-order valence-corrected chi connectivity index (χ4v) is 2.04. The smallest absolute Gasteiger partial charge is 0.244 e. The predicted molar refractivity (Wildman–Crippen MR) is 77.5 cm³/mol. The van der Waals surface area contributed by atoms with Crippen LogP contribution >= 0.6 is 11.6 Å². The molecule has 0 aliphatic heterocycles. The van der Waals surface area contributed by atoms with Crippen molar-refractivity contribution in [2.24, 2.45) is 7.05 Å². The molecule has 0 saturated heterocycles. The molecule has 1 atom stereocenters. The molecule has 20 heavy (non-hydrogen) atoms. The number of aliphatic hydroxyl groups excluding tert-OH is 1. The second kappa shape index (κ2) is 8.04. The van der Waals surface area contributed by atoms with Crippen LogP contribution in [0.4, 0.5) is 0 Å². The molecular formula is C13H20ClN3O3. The van der Waals surface area contributed by atoms with E-state index in [1.807, 2.05) is 6.92 Å². The van der Waals surface area contributed by atoms with E-state index in [-0.39, 0.29) is 18.6 Å². The molecule has 0 aliphatic carbocycles. The van der Waals surface area contributed by atoms with Gasteiger partial charge in [-0.3, -0.25) is 9.48 Å². The number of rotatable bonds is 7. The first-order valence-corrected chi connectivity index (χ1v) is 6.64. The van der Waals surface area contributed by atoms with Gasteiger partial charge < -0.3 is 15.2 Å². The zero-order chi connectivity index (χ0) is 15.1. The Morgan fingerprint density at radius 2 is 2.35 bits per heavy atom. The number of carbonyl (C=O) groups is 1. The van der Waals surface area contributed by atoms with Gasteiger partial charge in [0.05, 0.1) is 18.3 Å². The van der Waals surface area contributed by atoms with Gasteiger partial charge in [0.15, 0.2) is 0 Å². The number of amides is 1. The highest BCUT2D eigenvalue weighted by Gasteiger charge is 2.11. The van der Waals surface area contributed by atoms with Crippen molar-refractivity contribution in [1.82, 2.24) is 15.1 Å². The van der Waals surface area contributed by atoms with E-state index in [1.165, 1.54) is 6.08 Å². The molecule has 1 aromatic rings. The molecule has 1 heterocycles. The van der Waals surface area contributed by atoms with Crippen LogP contribution in [0.5, 0.6) is 0 Å². The summed E-state index contributed by atoms with van der Waals surface area (Å²) in [4.78, 5) is 11.8. The lowest BCUT2D eigenvalue weighted by Crippen LogP contribution is -2.37. The largest absolute Gasteiger partial charge is 0.396 e. The Kier molecular flexibility index (Phi) is 6.70. The number of aryl methyl sites for hydroxylation is 2. The van der Waals surface area contributed by atoms with Crippen LogP contribution < -0.4 is 5.32 Å². The molecule has 0 aromatic carbocycles. The summed E-state index contributed by atoms with van der Waals surface area (Å²) in [5.41, 5.74) is 1.47. The van der Waals surface area contributed by atoms with E-state index in [2.05, 4.69) is 10.4 Å². The lowest BCUT2D eigenvalue weighted by atomic mass is 10.2. The topological polar surface area (TPSA) is 76.4 Å². The average Bonchev–Trinajstić information content (AvgIpc) is 2.62. The molecule has 0 fully saturated rings. The van der Waals surface area contributed by atoms with Crippen molar-refractivity contribution >= 4 is 23.6 Å². The van der Waals surface area contributed by atoms with Crippen molar-refractivity contribution in [2.45, 2.75) is 19.4 Å². The number of hydrogen-bond donors (Lipinski definition) is 2. The molecule has 2 N–H and O–H groups in total. The van der Waals surface area contributed by atoms with Gasteiger partial charge in [0, 0.05) is 32.4 Å². The Bertz CT molecular complexity index is 479. The van der Waals surface area contributed by atoms with Gasteiger partial charge in [-0.15, -0.1) is 0 Å². The second-order valence-corrected chi connectivity index (χ2v) is 4.78. The van der Waals surface area contributed by atoms with Crippen LogP contribution in [0.3, 0.4) is 0 Å². The minimum Gasteiger partial charge on any atom is -0.396 e. The maximum atomic E-state index is 11.8. The number of ether oxygens (including phenoxy) is 1. The molecule has 1 unspecified atom stereocenters. The van der Waals surface area contributed by atoms with Crippen LogP contribution in [0, 0.1) is 6.92 Å². The highest BCUT2D eigenvalue weighted by molar-refractivity contribution is 6.31. The Morgan fingerprint density at radius 1 is 1.65 bits per heavy atom. The van der Waals surface area contributed by atoms with E-state index in [1.54, 1.807) is 24.9 Å². The fourth-order valence-electron chi connectivity index (χ4n) is 1.80. The number of methoxy groups -OCH3 is 1. The van der Waals surface area contributed by atoms with Crippen LogP contribution in [0.2, 0.25) is 5.15 Å². The van der Waals surface area contributed by atoms with Crippen molar-refractivity contribution in [3.63, 3.8) is 0 Å². The Labute approximate surface area is 123 Å². The number of halogens is 1. The molecule has 1 aromatic heterocycles. The minimum absolute atomic E-state index is 0.00837. The summed E-state index contributed by atoms with van der Waals surface area (Å²) in [6.07, 6.45) is 3.47. The quantitative estimate of drug-likeness (QED) is 0.734. The zero-order valence-corrected chi connectivity index (χ0v) is 12.6. The molecule has 0 aliphatic rings. The highest BCUT2D eigenvalue weighted by Crippen LogP contribution is 2.19. The number of nitrogens with one attached hydrogen (secondary N) is 1. The first-order valence-electron chi connectivity index (χ1n) is 6.27. The van der Waals surface area contributed by atoms with E-state index in [9.17, 15) is 4.79 Å².